The third-order valence-corrected chi connectivity index (χ3v) is 3.98. The smallest absolute Gasteiger partial charge is 0.241 e. The SMILES string of the molecule is C=CCN(C(=O)CN1CC(C)CC(C)C1)c1ccccc1. The zero-order chi connectivity index (χ0) is 15.2. The van der Waals surface area contributed by atoms with Gasteiger partial charge in [-0.25, -0.2) is 0 Å². The molecule has 21 heavy (non-hydrogen) atoms. The molecule has 1 aliphatic rings. The van der Waals surface area contributed by atoms with Gasteiger partial charge in [0.05, 0.1) is 6.54 Å². The number of amides is 1. The maximum Gasteiger partial charge on any atom is 0.241 e. The molecule has 0 bridgehead atoms. The number of carbonyl (C=O) groups is 1. The van der Waals surface area contributed by atoms with Crippen LogP contribution in [0.1, 0.15) is 20.3 Å². The number of nitrogens with zero attached hydrogens (tertiary/aromatic N) is 2. The predicted molar refractivity (Wildman–Crippen MR) is 88.4 cm³/mol. The summed E-state index contributed by atoms with van der Waals surface area (Å²) in [6.45, 7) is 11.4. The van der Waals surface area contributed by atoms with Crippen molar-refractivity contribution >= 4 is 11.6 Å². The van der Waals surface area contributed by atoms with Crippen molar-refractivity contribution in [2.24, 2.45) is 11.8 Å². The molecular formula is C18H26N2O. The zero-order valence-corrected chi connectivity index (χ0v) is 13.2. The molecule has 3 nitrogen and oxygen atoms in total. The van der Waals surface area contributed by atoms with Gasteiger partial charge in [-0.3, -0.25) is 9.69 Å². The van der Waals surface area contributed by atoms with Gasteiger partial charge in [0, 0.05) is 25.3 Å². The Kier molecular flexibility index (Phi) is 5.57. The molecule has 114 valence electrons. The Morgan fingerprint density at radius 2 is 1.90 bits per heavy atom. The average molecular weight is 286 g/mol. The maximum absolute atomic E-state index is 12.7. The Morgan fingerprint density at radius 1 is 1.29 bits per heavy atom. The molecule has 0 aliphatic carbocycles. The van der Waals surface area contributed by atoms with E-state index in [1.807, 2.05) is 35.2 Å². The summed E-state index contributed by atoms with van der Waals surface area (Å²) in [5, 5.41) is 0. The van der Waals surface area contributed by atoms with E-state index in [2.05, 4.69) is 25.3 Å². The number of likely N-dealkylation sites (tertiary alicyclic amines) is 1. The molecule has 2 atom stereocenters. The number of benzene rings is 1. The molecule has 3 heteroatoms. The first kappa shape index (κ1) is 15.8. The lowest BCUT2D eigenvalue weighted by Gasteiger charge is -2.35. The van der Waals surface area contributed by atoms with Gasteiger partial charge < -0.3 is 4.90 Å². The number of carbonyl (C=O) groups excluding carboxylic acids is 1. The zero-order valence-electron chi connectivity index (χ0n) is 13.2. The Balaban J connectivity index is 2.03. The Bertz CT molecular complexity index is 461. The Labute approximate surface area is 128 Å². The normalized spacial score (nSPS) is 22.8. The maximum atomic E-state index is 12.7. The van der Waals surface area contributed by atoms with Crippen molar-refractivity contribution < 1.29 is 4.79 Å². The van der Waals surface area contributed by atoms with E-state index in [1.165, 1.54) is 6.42 Å². The summed E-state index contributed by atoms with van der Waals surface area (Å²) >= 11 is 0. The molecule has 1 aliphatic heterocycles. The Hall–Kier alpha value is -1.61. The second-order valence-corrected chi connectivity index (χ2v) is 6.27. The fourth-order valence-corrected chi connectivity index (χ4v) is 3.29. The van der Waals surface area contributed by atoms with Gasteiger partial charge in [-0.2, -0.15) is 0 Å². The summed E-state index contributed by atoms with van der Waals surface area (Å²) in [4.78, 5) is 16.8. The van der Waals surface area contributed by atoms with Gasteiger partial charge in [0.2, 0.25) is 5.91 Å². The number of piperidine rings is 1. The monoisotopic (exact) mass is 286 g/mol. The number of anilines is 1. The fraction of sp³-hybridized carbons (Fsp3) is 0.500. The minimum absolute atomic E-state index is 0.155. The third-order valence-electron chi connectivity index (χ3n) is 3.98. The van der Waals surface area contributed by atoms with Crippen LogP contribution in [0.5, 0.6) is 0 Å². The quantitative estimate of drug-likeness (QED) is 0.776. The highest BCUT2D eigenvalue weighted by Crippen LogP contribution is 2.21. The van der Waals surface area contributed by atoms with Gasteiger partial charge in [0.25, 0.3) is 0 Å². The number of para-hydroxylation sites is 1. The number of hydrogen-bond donors (Lipinski definition) is 0. The predicted octanol–water partition coefficient (Wildman–Crippen LogP) is 3.18. The van der Waals surface area contributed by atoms with Crippen LogP contribution in [0, 0.1) is 11.8 Å². The standard InChI is InChI=1S/C18H26N2O/c1-4-10-20(17-8-6-5-7-9-17)18(21)14-19-12-15(2)11-16(3)13-19/h4-9,15-16H,1,10-14H2,2-3H3. The highest BCUT2D eigenvalue weighted by molar-refractivity contribution is 5.95. The average Bonchev–Trinajstić information content (AvgIpc) is 2.44. The second-order valence-electron chi connectivity index (χ2n) is 6.27. The summed E-state index contributed by atoms with van der Waals surface area (Å²) in [7, 11) is 0. The van der Waals surface area contributed by atoms with Crippen LogP contribution in [0.25, 0.3) is 0 Å². The molecule has 0 radical (unpaired) electrons. The minimum atomic E-state index is 0.155. The summed E-state index contributed by atoms with van der Waals surface area (Å²) in [6, 6.07) is 9.84. The van der Waals surface area contributed by atoms with Crippen LogP contribution in [-0.2, 0) is 4.79 Å². The van der Waals surface area contributed by atoms with Crippen LogP contribution >= 0.6 is 0 Å². The second kappa shape index (κ2) is 7.41. The van der Waals surface area contributed by atoms with E-state index in [-0.39, 0.29) is 5.91 Å². The molecule has 0 aromatic heterocycles. The van der Waals surface area contributed by atoms with Gasteiger partial charge in [-0.05, 0) is 30.4 Å². The lowest BCUT2D eigenvalue weighted by molar-refractivity contribution is -0.120. The van der Waals surface area contributed by atoms with Crippen LogP contribution in [-0.4, -0.2) is 37.0 Å². The van der Waals surface area contributed by atoms with E-state index in [1.54, 1.807) is 6.08 Å². The van der Waals surface area contributed by atoms with Crippen LogP contribution in [0.15, 0.2) is 43.0 Å². The lowest BCUT2D eigenvalue weighted by atomic mass is 9.92. The summed E-state index contributed by atoms with van der Waals surface area (Å²) in [5.74, 6) is 1.50. The van der Waals surface area contributed by atoms with Crippen molar-refractivity contribution in [3.05, 3.63) is 43.0 Å². The first-order valence-electron chi connectivity index (χ1n) is 7.78. The van der Waals surface area contributed by atoms with Crippen molar-refractivity contribution in [1.82, 2.24) is 4.90 Å². The van der Waals surface area contributed by atoms with Gasteiger partial charge in [-0.1, -0.05) is 38.1 Å². The van der Waals surface area contributed by atoms with Gasteiger partial charge in [0.15, 0.2) is 0 Å². The third kappa shape index (κ3) is 4.43. The molecule has 0 spiro atoms. The van der Waals surface area contributed by atoms with E-state index in [4.69, 9.17) is 0 Å². The van der Waals surface area contributed by atoms with E-state index in [0.717, 1.165) is 18.8 Å². The summed E-state index contributed by atoms with van der Waals surface area (Å²) in [5.41, 5.74) is 0.945. The van der Waals surface area contributed by atoms with Crippen molar-refractivity contribution in [2.75, 3.05) is 31.1 Å². The Morgan fingerprint density at radius 3 is 2.48 bits per heavy atom. The van der Waals surface area contributed by atoms with E-state index >= 15 is 0 Å². The highest BCUT2D eigenvalue weighted by atomic mass is 16.2. The first-order chi connectivity index (χ1) is 10.1. The molecule has 0 N–H and O–H groups in total. The molecule has 1 heterocycles. The molecule has 1 amide bonds. The van der Waals surface area contributed by atoms with E-state index in [9.17, 15) is 4.79 Å². The van der Waals surface area contributed by atoms with Gasteiger partial charge in [0.1, 0.15) is 0 Å². The van der Waals surface area contributed by atoms with E-state index in [0.29, 0.717) is 24.9 Å². The number of hydrogen-bond acceptors (Lipinski definition) is 2. The summed E-state index contributed by atoms with van der Waals surface area (Å²) < 4.78 is 0. The largest absolute Gasteiger partial charge is 0.308 e. The van der Waals surface area contributed by atoms with Crippen molar-refractivity contribution in [3.8, 4) is 0 Å². The van der Waals surface area contributed by atoms with Crippen LogP contribution in [0.4, 0.5) is 5.69 Å². The van der Waals surface area contributed by atoms with Crippen molar-refractivity contribution in [3.63, 3.8) is 0 Å². The molecule has 1 aromatic carbocycles. The van der Waals surface area contributed by atoms with E-state index < -0.39 is 0 Å². The molecule has 0 saturated carbocycles. The van der Waals surface area contributed by atoms with Gasteiger partial charge in [-0.15, -0.1) is 6.58 Å². The minimum Gasteiger partial charge on any atom is -0.308 e. The van der Waals surface area contributed by atoms with Crippen molar-refractivity contribution in [1.29, 1.82) is 0 Å². The topological polar surface area (TPSA) is 23.6 Å². The first-order valence-corrected chi connectivity index (χ1v) is 7.78. The highest BCUT2D eigenvalue weighted by Gasteiger charge is 2.25. The molecule has 2 unspecified atom stereocenters. The lowest BCUT2D eigenvalue weighted by Crippen LogP contribution is -2.46. The summed E-state index contributed by atoms with van der Waals surface area (Å²) in [6.07, 6.45) is 3.05. The molecule has 2 rings (SSSR count). The van der Waals surface area contributed by atoms with Crippen LogP contribution < -0.4 is 4.90 Å². The molecule has 1 saturated heterocycles. The van der Waals surface area contributed by atoms with Crippen molar-refractivity contribution in [2.45, 2.75) is 20.3 Å². The number of rotatable bonds is 5. The molecule has 1 aromatic rings. The fourth-order valence-electron chi connectivity index (χ4n) is 3.29. The van der Waals surface area contributed by atoms with Crippen LogP contribution in [0.3, 0.4) is 0 Å². The van der Waals surface area contributed by atoms with Gasteiger partial charge >= 0.3 is 0 Å². The molecule has 1 fully saturated rings. The molecular weight excluding hydrogens is 260 g/mol. The van der Waals surface area contributed by atoms with Crippen LogP contribution in [0.2, 0.25) is 0 Å².